The van der Waals surface area contributed by atoms with Gasteiger partial charge in [0.2, 0.25) is 17.7 Å². The molecular formula is C39H43ClFN9O4S. The fraction of sp³-hybridized carbons (Fsp3) is 0.436. The summed E-state index contributed by atoms with van der Waals surface area (Å²) in [5.41, 5.74) is 4.76. The van der Waals surface area contributed by atoms with Gasteiger partial charge in [-0.3, -0.25) is 44.2 Å². The van der Waals surface area contributed by atoms with Gasteiger partial charge in [-0.25, -0.2) is 4.39 Å². The van der Waals surface area contributed by atoms with E-state index >= 15 is 4.39 Å². The third kappa shape index (κ3) is 7.31. The Bertz CT molecular complexity index is 2180. The Kier molecular flexibility index (Phi) is 10.3. The molecular weight excluding hydrogens is 745 g/mol. The molecule has 4 aromatic rings. The Labute approximate surface area is 327 Å². The minimum Gasteiger partial charge on any atom is -0.355 e. The van der Waals surface area contributed by atoms with Crippen LogP contribution in [0.5, 0.6) is 0 Å². The molecule has 6 heterocycles. The first-order valence-electron chi connectivity index (χ1n) is 18.7. The Morgan fingerprint density at radius 2 is 1.78 bits per heavy atom. The smallest absolute Gasteiger partial charge is 0.258 e. The standard InChI is InChI=1S/C39H43ClFN9O4S/c1-21-22(2)55-39-33(21)35(25-4-6-27(40)7-5-25)43-29(36-46-45-23(3)50(36)39)18-32(52)42-10-11-47-12-14-48(15-13-47)19-24-16-26-20-49(38(54)34(26)28(41)17-24)30-8-9-31(51)44-37(30)53/h4-7,16-17,29-30,35,43H,8-15,18-20H2,1-3H3,(H,42,52)(H,44,51,53)/t29?,30?,35-/m0/s1. The second-order valence-electron chi connectivity index (χ2n) is 14.8. The number of carbonyl (C=O) groups is 4. The van der Waals surface area contributed by atoms with Crippen molar-refractivity contribution in [3.05, 3.63) is 97.1 Å². The molecule has 2 saturated heterocycles. The molecule has 2 unspecified atom stereocenters. The number of imide groups is 1. The van der Waals surface area contributed by atoms with Crippen molar-refractivity contribution in [3.63, 3.8) is 0 Å². The van der Waals surface area contributed by atoms with Crippen LogP contribution in [-0.4, -0.2) is 98.4 Å². The largest absolute Gasteiger partial charge is 0.355 e. The number of nitrogens with one attached hydrogen (secondary N) is 3. The van der Waals surface area contributed by atoms with E-state index in [1.807, 2.05) is 37.3 Å². The summed E-state index contributed by atoms with van der Waals surface area (Å²) in [4.78, 5) is 57.7. The highest BCUT2D eigenvalue weighted by Crippen LogP contribution is 2.43. The van der Waals surface area contributed by atoms with Crippen molar-refractivity contribution < 1.29 is 23.6 Å². The molecule has 0 saturated carbocycles. The quantitative estimate of drug-likeness (QED) is 0.216. The van der Waals surface area contributed by atoms with Gasteiger partial charge in [0.15, 0.2) is 5.82 Å². The van der Waals surface area contributed by atoms with Crippen LogP contribution in [0.3, 0.4) is 0 Å². The van der Waals surface area contributed by atoms with Crippen LogP contribution in [0.2, 0.25) is 5.02 Å². The van der Waals surface area contributed by atoms with Gasteiger partial charge < -0.3 is 10.2 Å². The lowest BCUT2D eigenvalue weighted by atomic mass is 9.96. The average molecular weight is 788 g/mol. The first kappa shape index (κ1) is 37.4. The highest BCUT2D eigenvalue weighted by atomic mass is 35.5. The van der Waals surface area contributed by atoms with Crippen LogP contribution in [0.25, 0.3) is 5.00 Å². The third-order valence-corrected chi connectivity index (χ3v) is 12.7. The summed E-state index contributed by atoms with van der Waals surface area (Å²) in [6.07, 6.45) is 0.570. The second kappa shape index (κ2) is 15.2. The fourth-order valence-electron chi connectivity index (χ4n) is 8.27. The molecule has 4 aliphatic rings. The van der Waals surface area contributed by atoms with Crippen LogP contribution in [0, 0.1) is 26.6 Å². The number of hydrogen-bond donors (Lipinski definition) is 3. The van der Waals surface area contributed by atoms with Gasteiger partial charge in [-0.2, -0.15) is 0 Å². The summed E-state index contributed by atoms with van der Waals surface area (Å²) in [6.45, 7) is 11.2. The molecule has 0 aliphatic carbocycles. The molecule has 288 valence electrons. The lowest BCUT2D eigenvalue weighted by Crippen LogP contribution is -2.52. The number of carbonyl (C=O) groups excluding carboxylic acids is 4. The van der Waals surface area contributed by atoms with E-state index in [4.69, 9.17) is 11.6 Å². The van der Waals surface area contributed by atoms with Gasteiger partial charge >= 0.3 is 0 Å². The number of halogens is 2. The number of piperidine rings is 1. The zero-order chi connectivity index (χ0) is 38.5. The number of amides is 4. The van der Waals surface area contributed by atoms with Crippen LogP contribution in [-0.2, 0) is 27.5 Å². The van der Waals surface area contributed by atoms with Crippen molar-refractivity contribution in [3.8, 4) is 5.00 Å². The van der Waals surface area contributed by atoms with Gasteiger partial charge in [0.05, 0.1) is 17.6 Å². The van der Waals surface area contributed by atoms with Crippen LogP contribution >= 0.6 is 22.9 Å². The first-order chi connectivity index (χ1) is 26.4. The van der Waals surface area contributed by atoms with Crippen LogP contribution in [0.15, 0.2) is 36.4 Å². The predicted octanol–water partition coefficient (Wildman–Crippen LogP) is 3.87. The minimum absolute atomic E-state index is 0.00944. The fourth-order valence-corrected chi connectivity index (χ4v) is 9.64. The average Bonchev–Trinajstić information content (AvgIpc) is 3.76. The van der Waals surface area contributed by atoms with E-state index in [-0.39, 0.29) is 55.3 Å². The van der Waals surface area contributed by atoms with E-state index in [0.29, 0.717) is 36.0 Å². The molecule has 2 aromatic heterocycles. The van der Waals surface area contributed by atoms with Crippen LogP contribution < -0.4 is 16.0 Å². The summed E-state index contributed by atoms with van der Waals surface area (Å²) >= 11 is 7.97. The van der Waals surface area contributed by atoms with Crippen molar-refractivity contribution in [2.24, 2.45) is 0 Å². The molecule has 0 spiro atoms. The lowest BCUT2D eigenvalue weighted by Gasteiger charge is -2.34. The molecule has 13 nitrogen and oxygen atoms in total. The molecule has 2 fully saturated rings. The van der Waals surface area contributed by atoms with E-state index < -0.39 is 23.7 Å². The van der Waals surface area contributed by atoms with Gasteiger partial charge in [0, 0.05) is 80.7 Å². The van der Waals surface area contributed by atoms with E-state index in [1.54, 1.807) is 11.3 Å². The zero-order valence-corrected chi connectivity index (χ0v) is 32.5. The summed E-state index contributed by atoms with van der Waals surface area (Å²) in [6, 6.07) is 9.77. The van der Waals surface area contributed by atoms with Gasteiger partial charge in [-0.1, -0.05) is 29.8 Å². The predicted molar refractivity (Wildman–Crippen MR) is 204 cm³/mol. The van der Waals surface area contributed by atoms with Crippen molar-refractivity contribution in [1.82, 2.24) is 45.4 Å². The van der Waals surface area contributed by atoms with Gasteiger partial charge in [-0.15, -0.1) is 21.5 Å². The van der Waals surface area contributed by atoms with Crippen molar-refractivity contribution in [2.75, 3.05) is 39.3 Å². The molecule has 4 aliphatic heterocycles. The molecule has 16 heteroatoms. The van der Waals surface area contributed by atoms with Gasteiger partial charge in [-0.05, 0) is 67.6 Å². The Hall–Kier alpha value is -4.54. The highest BCUT2D eigenvalue weighted by molar-refractivity contribution is 7.14. The summed E-state index contributed by atoms with van der Waals surface area (Å²) in [7, 11) is 0. The molecule has 3 N–H and O–H groups in total. The molecule has 3 atom stereocenters. The number of thiophene rings is 1. The second-order valence-corrected chi connectivity index (χ2v) is 16.5. The Balaban J connectivity index is 0.851. The number of hydrogen-bond acceptors (Lipinski definition) is 10. The topological polar surface area (TPSA) is 145 Å². The summed E-state index contributed by atoms with van der Waals surface area (Å²) < 4.78 is 17.4. The maximum atomic E-state index is 15.3. The van der Waals surface area contributed by atoms with Gasteiger partial charge in [0.1, 0.15) is 22.7 Å². The van der Waals surface area contributed by atoms with E-state index in [0.717, 1.165) is 53.7 Å². The molecule has 2 aromatic carbocycles. The van der Waals surface area contributed by atoms with E-state index in [1.165, 1.54) is 21.4 Å². The lowest BCUT2D eigenvalue weighted by molar-refractivity contribution is -0.137. The summed E-state index contributed by atoms with van der Waals surface area (Å²) in [5, 5.41) is 19.9. The number of fused-ring (bicyclic) bond motifs is 4. The normalized spacial score (nSPS) is 21.6. The monoisotopic (exact) mass is 787 g/mol. The molecule has 55 heavy (non-hydrogen) atoms. The number of piperazine rings is 1. The number of rotatable bonds is 9. The Morgan fingerprint density at radius 1 is 1.04 bits per heavy atom. The van der Waals surface area contributed by atoms with E-state index in [9.17, 15) is 19.2 Å². The Morgan fingerprint density at radius 3 is 2.53 bits per heavy atom. The highest BCUT2D eigenvalue weighted by Gasteiger charge is 2.41. The van der Waals surface area contributed by atoms with Crippen LogP contribution in [0.1, 0.15) is 86.0 Å². The minimum atomic E-state index is -0.784. The molecule has 0 radical (unpaired) electrons. The number of nitrogens with zero attached hydrogens (tertiary/aromatic N) is 6. The number of benzene rings is 2. The van der Waals surface area contributed by atoms with Crippen LogP contribution in [0.4, 0.5) is 4.39 Å². The first-order valence-corrected chi connectivity index (χ1v) is 19.9. The maximum absolute atomic E-state index is 15.3. The summed E-state index contributed by atoms with van der Waals surface area (Å²) in [5.74, 6) is -0.568. The zero-order valence-electron chi connectivity index (χ0n) is 31.0. The molecule has 0 bridgehead atoms. The third-order valence-electron chi connectivity index (χ3n) is 11.3. The maximum Gasteiger partial charge on any atom is 0.258 e. The number of aromatic nitrogens is 3. The molecule has 8 rings (SSSR count). The van der Waals surface area contributed by atoms with Crippen molar-refractivity contribution in [2.45, 2.75) is 71.2 Å². The SMILES string of the molecule is Cc1sc2c(c1C)[C@H](c1ccc(Cl)cc1)NC(CC(=O)NCCN1CCN(Cc3cc(F)c4c(c3)CN(C3CCC(=O)NC3=O)C4=O)CC1)c1nnc(C)n1-2. The number of aryl methyl sites for hydroxylation is 2. The van der Waals surface area contributed by atoms with Crippen molar-refractivity contribution >= 4 is 46.6 Å². The van der Waals surface area contributed by atoms with Crippen molar-refractivity contribution in [1.29, 1.82) is 0 Å². The molecule has 4 amide bonds. The van der Waals surface area contributed by atoms with Gasteiger partial charge in [0.25, 0.3) is 5.91 Å². The van der Waals surface area contributed by atoms with E-state index in [2.05, 4.69) is 54.4 Å².